The number of likely N-dealkylation sites (tertiary alicyclic amines) is 1. The summed E-state index contributed by atoms with van der Waals surface area (Å²) in [6.07, 6.45) is 2.56. The molecular formula is C14H16ClFIN3. The number of imidazole rings is 1. The van der Waals surface area contributed by atoms with Crippen molar-refractivity contribution < 1.29 is 4.39 Å². The van der Waals surface area contributed by atoms with Gasteiger partial charge in [0.1, 0.15) is 11.6 Å². The van der Waals surface area contributed by atoms with E-state index in [9.17, 15) is 4.39 Å². The SMILES string of the molecule is Fc1cc2c(cc1I)nc(CCl)n2CCN1CCCC1. The van der Waals surface area contributed by atoms with Crippen LogP contribution in [0.1, 0.15) is 18.7 Å². The number of alkyl halides is 1. The molecule has 1 aliphatic heterocycles. The Morgan fingerprint density at radius 2 is 2.00 bits per heavy atom. The first-order valence-electron chi connectivity index (χ1n) is 6.81. The van der Waals surface area contributed by atoms with E-state index < -0.39 is 0 Å². The number of hydrogen-bond donors (Lipinski definition) is 0. The number of halogens is 3. The maximum atomic E-state index is 13.8. The summed E-state index contributed by atoms with van der Waals surface area (Å²) in [4.78, 5) is 6.96. The normalized spacial score (nSPS) is 16.4. The standard InChI is InChI=1S/C14H16ClFIN3/c15-9-14-18-12-8-11(17)10(16)7-13(12)20(14)6-5-19-3-1-2-4-19/h7-8H,1-6,9H2. The zero-order valence-corrected chi connectivity index (χ0v) is 14.0. The third-order valence-electron chi connectivity index (χ3n) is 3.83. The molecule has 2 heterocycles. The van der Waals surface area contributed by atoms with Gasteiger partial charge in [-0.05, 0) is 54.6 Å². The van der Waals surface area contributed by atoms with Crippen molar-refractivity contribution in [1.82, 2.24) is 14.5 Å². The molecule has 0 atom stereocenters. The summed E-state index contributed by atoms with van der Waals surface area (Å²) in [6, 6.07) is 3.36. The van der Waals surface area contributed by atoms with Crippen LogP contribution in [-0.4, -0.2) is 34.1 Å². The highest BCUT2D eigenvalue weighted by Gasteiger charge is 2.15. The molecule has 0 amide bonds. The van der Waals surface area contributed by atoms with E-state index in [2.05, 4.69) is 14.5 Å². The second-order valence-corrected chi connectivity index (χ2v) is 6.55. The van der Waals surface area contributed by atoms with Crippen molar-refractivity contribution in [2.45, 2.75) is 25.3 Å². The number of rotatable bonds is 4. The lowest BCUT2D eigenvalue weighted by Gasteiger charge is -2.16. The average Bonchev–Trinajstić information content (AvgIpc) is 3.05. The van der Waals surface area contributed by atoms with Gasteiger partial charge in [0.25, 0.3) is 0 Å². The van der Waals surface area contributed by atoms with E-state index in [1.807, 2.05) is 22.6 Å². The number of fused-ring (bicyclic) bond motifs is 1. The molecule has 20 heavy (non-hydrogen) atoms. The molecular weight excluding hydrogens is 392 g/mol. The molecule has 1 aromatic heterocycles. The molecule has 1 aromatic carbocycles. The van der Waals surface area contributed by atoms with Crippen LogP contribution < -0.4 is 0 Å². The van der Waals surface area contributed by atoms with Gasteiger partial charge >= 0.3 is 0 Å². The summed E-state index contributed by atoms with van der Waals surface area (Å²) in [5.41, 5.74) is 1.67. The summed E-state index contributed by atoms with van der Waals surface area (Å²) < 4.78 is 16.4. The van der Waals surface area contributed by atoms with Crippen LogP contribution in [0.3, 0.4) is 0 Å². The quantitative estimate of drug-likeness (QED) is 0.570. The van der Waals surface area contributed by atoms with E-state index in [1.165, 1.54) is 12.8 Å². The van der Waals surface area contributed by atoms with E-state index in [-0.39, 0.29) is 5.82 Å². The molecule has 3 rings (SSSR count). The first kappa shape index (κ1) is 14.5. The fourth-order valence-corrected chi connectivity index (χ4v) is 3.42. The van der Waals surface area contributed by atoms with Crippen molar-refractivity contribution in [2.24, 2.45) is 0 Å². The minimum atomic E-state index is -0.193. The summed E-state index contributed by atoms with van der Waals surface area (Å²) >= 11 is 7.98. The van der Waals surface area contributed by atoms with Crippen molar-refractivity contribution in [3.05, 3.63) is 27.3 Å². The fraction of sp³-hybridized carbons (Fsp3) is 0.500. The van der Waals surface area contributed by atoms with Gasteiger partial charge in [-0.3, -0.25) is 0 Å². The van der Waals surface area contributed by atoms with Crippen LogP contribution in [0.5, 0.6) is 0 Å². The highest BCUT2D eigenvalue weighted by Crippen LogP contribution is 2.23. The fourth-order valence-electron chi connectivity index (χ4n) is 2.77. The summed E-state index contributed by atoms with van der Waals surface area (Å²) in [5.74, 6) is 0.983. The van der Waals surface area contributed by atoms with Gasteiger partial charge in [0.15, 0.2) is 0 Å². The highest BCUT2D eigenvalue weighted by molar-refractivity contribution is 14.1. The third kappa shape index (κ3) is 2.80. The topological polar surface area (TPSA) is 21.1 Å². The van der Waals surface area contributed by atoms with Crippen LogP contribution >= 0.6 is 34.2 Å². The van der Waals surface area contributed by atoms with Crippen LogP contribution in [0.15, 0.2) is 12.1 Å². The second kappa shape index (κ2) is 6.15. The number of aromatic nitrogens is 2. The first-order chi connectivity index (χ1) is 9.69. The Balaban J connectivity index is 1.92. The Morgan fingerprint density at radius 1 is 1.25 bits per heavy atom. The van der Waals surface area contributed by atoms with Crippen LogP contribution in [0.4, 0.5) is 4.39 Å². The lowest BCUT2D eigenvalue weighted by atomic mass is 10.3. The molecule has 1 aliphatic rings. The van der Waals surface area contributed by atoms with E-state index in [1.54, 1.807) is 12.1 Å². The zero-order valence-electron chi connectivity index (χ0n) is 11.1. The average molecular weight is 408 g/mol. The van der Waals surface area contributed by atoms with Crippen LogP contribution in [0.25, 0.3) is 11.0 Å². The Bertz CT molecular complexity index is 622. The molecule has 0 N–H and O–H groups in total. The number of benzene rings is 1. The van der Waals surface area contributed by atoms with Crippen LogP contribution in [-0.2, 0) is 12.4 Å². The summed E-state index contributed by atoms with van der Waals surface area (Å²) in [7, 11) is 0. The minimum Gasteiger partial charge on any atom is -0.326 e. The maximum Gasteiger partial charge on any atom is 0.138 e. The molecule has 0 spiro atoms. The van der Waals surface area contributed by atoms with E-state index >= 15 is 0 Å². The molecule has 0 bridgehead atoms. The molecule has 1 fully saturated rings. The summed E-state index contributed by atoms with van der Waals surface area (Å²) in [6.45, 7) is 4.12. The molecule has 0 unspecified atom stereocenters. The Hall–Kier alpha value is -0.400. The van der Waals surface area contributed by atoms with Crippen LogP contribution in [0, 0.1) is 9.39 Å². The minimum absolute atomic E-state index is 0.193. The van der Waals surface area contributed by atoms with Gasteiger partial charge < -0.3 is 9.47 Å². The third-order valence-corrected chi connectivity index (χ3v) is 4.89. The van der Waals surface area contributed by atoms with Gasteiger partial charge in [-0.2, -0.15) is 0 Å². The van der Waals surface area contributed by atoms with Crippen molar-refractivity contribution >= 4 is 45.2 Å². The molecule has 0 saturated carbocycles. The maximum absolute atomic E-state index is 13.8. The van der Waals surface area contributed by atoms with Crippen molar-refractivity contribution in [3.8, 4) is 0 Å². The van der Waals surface area contributed by atoms with E-state index in [0.29, 0.717) is 9.45 Å². The van der Waals surface area contributed by atoms with E-state index in [0.717, 1.165) is 43.0 Å². The van der Waals surface area contributed by atoms with Gasteiger partial charge in [0.05, 0.1) is 20.5 Å². The van der Waals surface area contributed by atoms with Gasteiger partial charge in [0.2, 0.25) is 0 Å². The van der Waals surface area contributed by atoms with Gasteiger partial charge in [0, 0.05) is 19.2 Å². The summed E-state index contributed by atoms with van der Waals surface area (Å²) in [5, 5.41) is 0. The van der Waals surface area contributed by atoms with Gasteiger partial charge in [-0.15, -0.1) is 11.6 Å². The largest absolute Gasteiger partial charge is 0.326 e. The first-order valence-corrected chi connectivity index (χ1v) is 8.43. The molecule has 3 nitrogen and oxygen atoms in total. The Morgan fingerprint density at radius 3 is 2.70 bits per heavy atom. The molecule has 0 aliphatic carbocycles. The number of nitrogens with zero attached hydrogens (tertiary/aromatic N) is 3. The molecule has 1 saturated heterocycles. The molecule has 0 radical (unpaired) electrons. The lowest BCUT2D eigenvalue weighted by Crippen LogP contribution is -2.24. The zero-order chi connectivity index (χ0) is 14.1. The Labute approximate surface area is 136 Å². The molecule has 6 heteroatoms. The highest BCUT2D eigenvalue weighted by atomic mass is 127. The molecule has 108 valence electrons. The van der Waals surface area contributed by atoms with E-state index in [4.69, 9.17) is 11.6 Å². The Kier molecular flexibility index (Phi) is 4.47. The van der Waals surface area contributed by atoms with Crippen molar-refractivity contribution in [2.75, 3.05) is 19.6 Å². The predicted octanol–water partition coefficient (Wildman–Crippen LogP) is 3.61. The molecule has 2 aromatic rings. The van der Waals surface area contributed by atoms with Gasteiger partial charge in [-0.25, -0.2) is 9.37 Å². The lowest BCUT2D eigenvalue weighted by molar-refractivity contribution is 0.323. The second-order valence-electron chi connectivity index (χ2n) is 5.12. The van der Waals surface area contributed by atoms with Crippen molar-refractivity contribution in [3.63, 3.8) is 0 Å². The van der Waals surface area contributed by atoms with Gasteiger partial charge in [-0.1, -0.05) is 0 Å². The van der Waals surface area contributed by atoms with Crippen LogP contribution in [0.2, 0.25) is 0 Å². The number of hydrogen-bond acceptors (Lipinski definition) is 2. The smallest absolute Gasteiger partial charge is 0.138 e. The van der Waals surface area contributed by atoms with Crippen molar-refractivity contribution in [1.29, 1.82) is 0 Å². The predicted molar refractivity (Wildman–Crippen MR) is 87.6 cm³/mol. The monoisotopic (exact) mass is 407 g/mol.